The molecule has 0 aliphatic heterocycles. The molecule has 92 valence electrons. The Hall–Kier alpha value is -1.18. The lowest BCUT2D eigenvalue weighted by atomic mass is 10.0. The smallest absolute Gasteiger partial charge is 0.136 e. The van der Waals surface area contributed by atoms with Crippen molar-refractivity contribution in [3.05, 3.63) is 35.1 Å². The fourth-order valence-electron chi connectivity index (χ4n) is 2.49. The predicted octanol–water partition coefficient (Wildman–Crippen LogP) is 3.86. The van der Waals surface area contributed by atoms with Crippen molar-refractivity contribution in [2.75, 3.05) is 0 Å². The lowest BCUT2D eigenvalue weighted by Gasteiger charge is -2.06. The van der Waals surface area contributed by atoms with Gasteiger partial charge in [-0.1, -0.05) is 32.0 Å². The summed E-state index contributed by atoms with van der Waals surface area (Å²) in [5.74, 6) is 0.433. The number of rotatable bonds is 5. The van der Waals surface area contributed by atoms with E-state index in [1.54, 1.807) is 0 Å². The molecule has 1 aliphatic carbocycles. The molecule has 0 N–H and O–H groups in total. The van der Waals surface area contributed by atoms with E-state index in [9.17, 15) is 9.18 Å². The zero-order valence-electron chi connectivity index (χ0n) is 10.5. The van der Waals surface area contributed by atoms with Crippen molar-refractivity contribution >= 4 is 5.78 Å². The molecule has 1 fully saturated rings. The molecule has 0 amide bonds. The monoisotopic (exact) mass is 234 g/mol. The maximum Gasteiger partial charge on any atom is 0.136 e. The molecule has 2 unspecified atom stereocenters. The van der Waals surface area contributed by atoms with Crippen molar-refractivity contribution in [1.29, 1.82) is 0 Å². The summed E-state index contributed by atoms with van der Waals surface area (Å²) < 4.78 is 14.1. The van der Waals surface area contributed by atoms with Crippen LogP contribution in [0.5, 0.6) is 0 Å². The van der Waals surface area contributed by atoms with Gasteiger partial charge in [-0.2, -0.15) is 0 Å². The van der Waals surface area contributed by atoms with Gasteiger partial charge in [-0.15, -0.1) is 0 Å². The SMILES string of the molecule is CCCC(=O)C1CC1c1cccc(CC)c1F. The summed E-state index contributed by atoms with van der Waals surface area (Å²) in [5, 5.41) is 0. The molecule has 2 heteroatoms. The summed E-state index contributed by atoms with van der Waals surface area (Å²) in [6, 6.07) is 5.55. The first-order chi connectivity index (χ1) is 8.19. The molecule has 0 bridgehead atoms. The largest absolute Gasteiger partial charge is 0.299 e. The molecule has 1 saturated carbocycles. The summed E-state index contributed by atoms with van der Waals surface area (Å²) in [7, 11) is 0. The van der Waals surface area contributed by atoms with Crippen LogP contribution in [-0.2, 0) is 11.2 Å². The van der Waals surface area contributed by atoms with Gasteiger partial charge in [0, 0.05) is 12.3 Å². The zero-order valence-corrected chi connectivity index (χ0v) is 10.5. The normalized spacial score (nSPS) is 22.5. The Morgan fingerprint density at radius 3 is 2.82 bits per heavy atom. The van der Waals surface area contributed by atoms with Crippen LogP contribution in [-0.4, -0.2) is 5.78 Å². The van der Waals surface area contributed by atoms with Gasteiger partial charge in [-0.25, -0.2) is 4.39 Å². The Morgan fingerprint density at radius 1 is 1.41 bits per heavy atom. The number of halogens is 1. The highest BCUT2D eigenvalue weighted by Crippen LogP contribution is 2.49. The van der Waals surface area contributed by atoms with Gasteiger partial charge in [0.15, 0.2) is 0 Å². The van der Waals surface area contributed by atoms with Crippen LogP contribution in [0, 0.1) is 11.7 Å². The van der Waals surface area contributed by atoms with Gasteiger partial charge >= 0.3 is 0 Å². The number of hydrogen-bond acceptors (Lipinski definition) is 1. The van der Waals surface area contributed by atoms with Crippen LogP contribution in [0.3, 0.4) is 0 Å². The van der Waals surface area contributed by atoms with E-state index in [2.05, 4.69) is 0 Å². The average Bonchev–Trinajstić information content (AvgIpc) is 3.10. The summed E-state index contributed by atoms with van der Waals surface area (Å²) in [4.78, 5) is 11.7. The maximum atomic E-state index is 14.1. The molecule has 0 radical (unpaired) electrons. The first kappa shape index (κ1) is 12.3. The van der Waals surface area contributed by atoms with E-state index in [4.69, 9.17) is 0 Å². The van der Waals surface area contributed by atoms with Gasteiger partial charge < -0.3 is 0 Å². The first-order valence-corrected chi connectivity index (χ1v) is 6.49. The molecule has 0 saturated heterocycles. The number of ketones is 1. The third-order valence-electron chi connectivity index (χ3n) is 3.59. The maximum absolute atomic E-state index is 14.1. The molecule has 17 heavy (non-hydrogen) atoms. The van der Waals surface area contributed by atoms with E-state index in [0.717, 1.165) is 24.0 Å². The highest BCUT2D eigenvalue weighted by atomic mass is 19.1. The van der Waals surface area contributed by atoms with Gasteiger partial charge in [-0.3, -0.25) is 4.79 Å². The van der Waals surface area contributed by atoms with Gasteiger partial charge in [0.1, 0.15) is 11.6 Å². The molecule has 2 atom stereocenters. The molecule has 0 spiro atoms. The number of Topliss-reactive ketones (excluding diaryl/α,β-unsaturated/α-hetero) is 1. The second kappa shape index (κ2) is 4.99. The molecule has 0 aromatic heterocycles. The second-order valence-corrected chi connectivity index (χ2v) is 4.84. The summed E-state index contributed by atoms with van der Waals surface area (Å²) in [5.41, 5.74) is 1.51. The van der Waals surface area contributed by atoms with Crippen molar-refractivity contribution in [2.24, 2.45) is 5.92 Å². The molecule has 1 nitrogen and oxygen atoms in total. The Bertz CT molecular complexity index is 425. The predicted molar refractivity (Wildman–Crippen MR) is 66.5 cm³/mol. The summed E-state index contributed by atoms with van der Waals surface area (Å²) in [6.45, 7) is 3.96. The minimum atomic E-state index is -0.0909. The Labute approximate surface area is 102 Å². The topological polar surface area (TPSA) is 17.1 Å². The Balaban J connectivity index is 2.13. The lowest BCUT2D eigenvalue weighted by Crippen LogP contribution is -2.02. The van der Waals surface area contributed by atoms with Gasteiger partial charge in [0.2, 0.25) is 0 Å². The molecular formula is C15H19FO. The highest BCUT2D eigenvalue weighted by molar-refractivity contribution is 5.85. The van der Waals surface area contributed by atoms with Crippen LogP contribution in [0.1, 0.15) is 50.2 Å². The number of aryl methyl sites for hydroxylation is 1. The molecule has 1 aliphatic rings. The summed E-state index contributed by atoms with van der Waals surface area (Å²) >= 11 is 0. The van der Waals surface area contributed by atoms with Crippen molar-refractivity contribution in [1.82, 2.24) is 0 Å². The number of carbonyl (C=O) groups excluding carboxylic acids is 1. The van der Waals surface area contributed by atoms with Crippen molar-refractivity contribution in [3.8, 4) is 0 Å². The molecule has 1 aromatic carbocycles. The summed E-state index contributed by atoms with van der Waals surface area (Å²) in [6.07, 6.45) is 3.07. The standard InChI is InChI=1S/C15H19FO/c1-3-6-14(17)13-9-12(13)11-8-5-7-10(4-2)15(11)16/h5,7-8,12-13H,3-4,6,9H2,1-2H3. The molecule has 2 rings (SSSR count). The molecule has 0 heterocycles. The third kappa shape index (κ3) is 2.41. The van der Waals surface area contributed by atoms with E-state index in [-0.39, 0.29) is 17.7 Å². The number of benzene rings is 1. The minimum absolute atomic E-state index is 0.0801. The Kier molecular flexibility index (Phi) is 3.60. The molecule has 1 aromatic rings. The van der Waals surface area contributed by atoms with E-state index in [1.807, 2.05) is 32.0 Å². The average molecular weight is 234 g/mol. The first-order valence-electron chi connectivity index (χ1n) is 6.49. The van der Waals surface area contributed by atoms with E-state index in [0.29, 0.717) is 18.6 Å². The van der Waals surface area contributed by atoms with Crippen LogP contribution in [0.15, 0.2) is 18.2 Å². The van der Waals surface area contributed by atoms with Crippen molar-refractivity contribution in [3.63, 3.8) is 0 Å². The Morgan fingerprint density at radius 2 is 2.18 bits per heavy atom. The van der Waals surface area contributed by atoms with Crippen LogP contribution in [0.4, 0.5) is 4.39 Å². The third-order valence-corrected chi connectivity index (χ3v) is 3.59. The minimum Gasteiger partial charge on any atom is -0.299 e. The van der Waals surface area contributed by atoms with Gasteiger partial charge in [0.25, 0.3) is 0 Å². The van der Waals surface area contributed by atoms with Crippen molar-refractivity contribution in [2.45, 2.75) is 45.4 Å². The second-order valence-electron chi connectivity index (χ2n) is 4.84. The lowest BCUT2D eigenvalue weighted by molar-refractivity contribution is -0.120. The van der Waals surface area contributed by atoms with Crippen LogP contribution < -0.4 is 0 Å². The van der Waals surface area contributed by atoms with Gasteiger partial charge in [-0.05, 0) is 36.3 Å². The fourth-order valence-corrected chi connectivity index (χ4v) is 2.49. The highest BCUT2D eigenvalue weighted by Gasteiger charge is 2.44. The number of hydrogen-bond donors (Lipinski definition) is 0. The fraction of sp³-hybridized carbons (Fsp3) is 0.533. The zero-order chi connectivity index (χ0) is 12.4. The van der Waals surface area contributed by atoms with E-state index >= 15 is 0 Å². The van der Waals surface area contributed by atoms with E-state index in [1.165, 1.54) is 0 Å². The van der Waals surface area contributed by atoms with Crippen molar-refractivity contribution < 1.29 is 9.18 Å². The van der Waals surface area contributed by atoms with Crippen LogP contribution in [0.2, 0.25) is 0 Å². The van der Waals surface area contributed by atoms with Gasteiger partial charge in [0.05, 0.1) is 0 Å². The quantitative estimate of drug-likeness (QED) is 0.756. The van der Waals surface area contributed by atoms with Crippen LogP contribution >= 0.6 is 0 Å². The number of carbonyl (C=O) groups is 1. The van der Waals surface area contributed by atoms with Crippen LogP contribution in [0.25, 0.3) is 0 Å². The molecular weight excluding hydrogens is 215 g/mol. The van der Waals surface area contributed by atoms with E-state index < -0.39 is 0 Å².